The summed E-state index contributed by atoms with van der Waals surface area (Å²) in [6.45, 7) is 2.19. The lowest BCUT2D eigenvalue weighted by molar-refractivity contribution is 0.0697. The fourth-order valence-corrected chi connectivity index (χ4v) is 1.57. The normalized spacial score (nSPS) is 10.3. The molecule has 2 N–H and O–H groups in total. The SMILES string of the molecule is Cc1cc(CNc2cc(C(=O)O)c(Cl)cn2)no1. The summed E-state index contributed by atoms with van der Waals surface area (Å²) in [7, 11) is 0. The monoisotopic (exact) mass is 267 g/mol. The van der Waals surface area contributed by atoms with Crippen molar-refractivity contribution in [3.63, 3.8) is 0 Å². The van der Waals surface area contributed by atoms with Crippen molar-refractivity contribution in [1.29, 1.82) is 0 Å². The van der Waals surface area contributed by atoms with Crippen molar-refractivity contribution in [2.45, 2.75) is 13.5 Å². The first-order chi connectivity index (χ1) is 8.56. The molecule has 7 heteroatoms. The Morgan fingerprint density at radius 1 is 1.56 bits per heavy atom. The second-order valence-electron chi connectivity index (χ2n) is 3.64. The van der Waals surface area contributed by atoms with Gasteiger partial charge in [0.1, 0.15) is 17.3 Å². The number of rotatable bonds is 4. The van der Waals surface area contributed by atoms with Crippen molar-refractivity contribution in [1.82, 2.24) is 10.1 Å². The Hall–Kier alpha value is -2.08. The molecule has 0 aromatic carbocycles. The minimum Gasteiger partial charge on any atom is -0.478 e. The number of carbonyl (C=O) groups is 1. The van der Waals surface area contributed by atoms with Gasteiger partial charge in [0.2, 0.25) is 0 Å². The molecular formula is C11H10ClN3O3. The number of pyridine rings is 1. The standard InChI is InChI=1S/C11H10ClN3O3/c1-6-2-7(15-18-6)4-13-10-3-8(11(16)17)9(12)5-14-10/h2-3,5H,4H2,1H3,(H,13,14)(H,16,17). The van der Waals surface area contributed by atoms with E-state index in [9.17, 15) is 4.79 Å². The molecule has 0 aliphatic heterocycles. The largest absolute Gasteiger partial charge is 0.478 e. The van der Waals surface area contributed by atoms with Gasteiger partial charge < -0.3 is 14.9 Å². The average Bonchev–Trinajstić information content (AvgIpc) is 2.74. The lowest BCUT2D eigenvalue weighted by Gasteiger charge is -2.05. The average molecular weight is 268 g/mol. The van der Waals surface area contributed by atoms with Gasteiger partial charge in [0, 0.05) is 12.3 Å². The van der Waals surface area contributed by atoms with E-state index in [1.807, 2.05) is 0 Å². The highest BCUT2D eigenvalue weighted by molar-refractivity contribution is 6.33. The van der Waals surface area contributed by atoms with Crippen LogP contribution in [0.4, 0.5) is 5.82 Å². The molecule has 2 aromatic heterocycles. The van der Waals surface area contributed by atoms with Crippen LogP contribution in [0.5, 0.6) is 0 Å². The van der Waals surface area contributed by atoms with Crippen molar-refractivity contribution >= 4 is 23.4 Å². The number of aryl methyl sites for hydroxylation is 1. The van der Waals surface area contributed by atoms with Crippen LogP contribution < -0.4 is 5.32 Å². The number of carboxylic acids is 1. The minimum absolute atomic E-state index is 0.00509. The first kappa shape index (κ1) is 12.4. The van der Waals surface area contributed by atoms with Gasteiger partial charge in [-0.3, -0.25) is 0 Å². The Morgan fingerprint density at radius 2 is 2.33 bits per heavy atom. The Bertz CT molecular complexity index is 583. The van der Waals surface area contributed by atoms with Crippen molar-refractivity contribution in [3.05, 3.63) is 40.4 Å². The summed E-state index contributed by atoms with van der Waals surface area (Å²) >= 11 is 5.71. The highest BCUT2D eigenvalue weighted by atomic mass is 35.5. The van der Waals surface area contributed by atoms with E-state index in [4.69, 9.17) is 21.2 Å². The van der Waals surface area contributed by atoms with Gasteiger partial charge in [0.05, 0.1) is 17.1 Å². The van der Waals surface area contributed by atoms with Crippen molar-refractivity contribution in [2.24, 2.45) is 0 Å². The van der Waals surface area contributed by atoms with Gasteiger partial charge >= 0.3 is 5.97 Å². The van der Waals surface area contributed by atoms with Gasteiger partial charge in [-0.1, -0.05) is 16.8 Å². The molecule has 0 radical (unpaired) electrons. The molecule has 0 saturated heterocycles. The number of aromatic nitrogens is 2. The van der Waals surface area contributed by atoms with Gasteiger partial charge in [-0.2, -0.15) is 0 Å². The minimum atomic E-state index is -1.09. The van der Waals surface area contributed by atoms with Gasteiger partial charge in [-0.15, -0.1) is 0 Å². The molecule has 0 aliphatic carbocycles. The highest BCUT2D eigenvalue weighted by Gasteiger charge is 2.10. The number of anilines is 1. The molecule has 0 saturated carbocycles. The van der Waals surface area contributed by atoms with Crippen molar-refractivity contribution in [2.75, 3.05) is 5.32 Å². The number of halogens is 1. The third-order valence-corrected chi connectivity index (χ3v) is 2.51. The molecule has 0 spiro atoms. The maximum Gasteiger partial charge on any atom is 0.337 e. The maximum atomic E-state index is 10.9. The molecule has 2 rings (SSSR count). The van der Waals surface area contributed by atoms with Gasteiger partial charge in [-0.25, -0.2) is 9.78 Å². The Morgan fingerprint density at radius 3 is 2.94 bits per heavy atom. The zero-order chi connectivity index (χ0) is 13.1. The quantitative estimate of drug-likeness (QED) is 0.884. The van der Waals surface area contributed by atoms with Crippen LogP contribution in [0.2, 0.25) is 5.02 Å². The van der Waals surface area contributed by atoms with Crippen LogP contribution in [0, 0.1) is 6.92 Å². The molecule has 94 valence electrons. The molecule has 0 aliphatic rings. The first-order valence-electron chi connectivity index (χ1n) is 5.11. The third kappa shape index (κ3) is 2.78. The summed E-state index contributed by atoms with van der Waals surface area (Å²) in [5.74, 6) is 0.0299. The number of nitrogens with zero attached hydrogens (tertiary/aromatic N) is 2. The molecule has 0 unspecified atom stereocenters. The predicted octanol–water partition coefficient (Wildman–Crippen LogP) is 2.34. The Labute approximate surface area is 108 Å². The molecule has 0 amide bonds. The van der Waals surface area contributed by atoms with Crippen molar-refractivity contribution < 1.29 is 14.4 Å². The zero-order valence-corrected chi connectivity index (χ0v) is 10.2. The zero-order valence-electron chi connectivity index (χ0n) is 9.48. The molecule has 18 heavy (non-hydrogen) atoms. The fraction of sp³-hybridized carbons (Fsp3) is 0.182. The maximum absolute atomic E-state index is 10.9. The van der Waals surface area contributed by atoms with Crippen LogP contribution in [0.25, 0.3) is 0 Å². The third-order valence-electron chi connectivity index (χ3n) is 2.21. The van der Waals surface area contributed by atoms with E-state index in [1.165, 1.54) is 12.3 Å². The van der Waals surface area contributed by atoms with E-state index in [0.29, 0.717) is 23.8 Å². The lowest BCUT2D eigenvalue weighted by atomic mass is 10.2. The molecule has 2 heterocycles. The molecule has 2 aromatic rings. The smallest absolute Gasteiger partial charge is 0.337 e. The Kier molecular flexibility index (Phi) is 3.47. The number of hydrogen-bond donors (Lipinski definition) is 2. The molecule has 0 bridgehead atoms. The number of nitrogens with one attached hydrogen (secondary N) is 1. The molecule has 0 fully saturated rings. The van der Waals surface area contributed by atoms with Crippen LogP contribution in [0.1, 0.15) is 21.8 Å². The van der Waals surface area contributed by atoms with Gasteiger partial charge in [0.25, 0.3) is 0 Å². The van der Waals surface area contributed by atoms with Gasteiger partial charge in [-0.05, 0) is 13.0 Å². The molecule has 6 nitrogen and oxygen atoms in total. The molecular weight excluding hydrogens is 258 g/mol. The summed E-state index contributed by atoms with van der Waals surface area (Å²) in [5.41, 5.74) is 0.714. The van der Waals surface area contributed by atoms with Crippen LogP contribution >= 0.6 is 11.6 Å². The second-order valence-corrected chi connectivity index (χ2v) is 4.04. The van der Waals surface area contributed by atoms with Gasteiger partial charge in [0.15, 0.2) is 0 Å². The first-order valence-corrected chi connectivity index (χ1v) is 5.49. The van der Waals surface area contributed by atoms with Crippen LogP contribution in [-0.2, 0) is 6.54 Å². The van der Waals surface area contributed by atoms with E-state index in [0.717, 1.165) is 0 Å². The summed E-state index contributed by atoms with van der Waals surface area (Å²) in [4.78, 5) is 14.9. The van der Waals surface area contributed by atoms with E-state index in [2.05, 4.69) is 15.5 Å². The number of hydrogen-bond acceptors (Lipinski definition) is 5. The van der Waals surface area contributed by atoms with E-state index >= 15 is 0 Å². The fourth-order valence-electron chi connectivity index (χ4n) is 1.38. The Balaban J connectivity index is 2.10. The van der Waals surface area contributed by atoms with Crippen LogP contribution in [0.3, 0.4) is 0 Å². The summed E-state index contributed by atoms with van der Waals surface area (Å²) in [6.07, 6.45) is 1.29. The van der Waals surface area contributed by atoms with E-state index < -0.39 is 5.97 Å². The predicted molar refractivity (Wildman–Crippen MR) is 64.8 cm³/mol. The van der Waals surface area contributed by atoms with Crippen LogP contribution in [0.15, 0.2) is 22.9 Å². The van der Waals surface area contributed by atoms with E-state index in [1.54, 1.807) is 13.0 Å². The summed E-state index contributed by atoms with van der Waals surface area (Å²) in [6, 6.07) is 3.15. The topological polar surface area (TPSA) is 88.2 Å². The second kappa shape index (κ2) is 5.05. The lowest BCUT2D eigenvalue weighted by Crippen LogP contribution is -2.04. The summed E-state index contributed by atoms with van der Waals surface area (Å²) in [5, 5.41) is 15.8. The highest BCUT2D eigenvalue weighted by Crippen LogP contribution is 2.18. The van der Waals surface area contributed by atoms with Crippen LogP contribution in [-0.4, -0.2) is 21.2 Å². The molecule has 0 atom stereocenters. The number of carboxylic acid groups (broad SMARTS) is 1. The summed E-state index contributed by atoms with van der Waals surface area (Å²) < 4.78 is 4.91. The van der Waals surface area contributed by atoms with E-state index in [-0.39, 0.29) is 10.6 Å². The van der Waals surface area contributed by atoms with Crippen molar-refractivity contribution in [3.8, 4) is 0 Å². The number of aromatic carboxylic acids is 1.